The summed E-state index contributed by atoms with van der Waals surface area (Å²) >= 11 is 0. The first-order chi connectivity index (χ1) is 13.8. The number of fused-ring (bicyclic) bond motifs is 1. The molecule has 0 spiro atoms. The van der Waals surface area contributed by atoms with Crippen LogP contribution in [0.4, 0.5) is 19.0 Å². The summed E-state index contributed by atoms with van der Waals surface area (Å²) in [5.74, 6) is 0.135. The third-order valence-electron chi connectivity index (χ3n) is 4.26. The minimum Gasteiger partial charge on any atom is -0.483 e. The lowest BCUT2D eigenvalue weighted by molar-refractivity contribution is -0.389. The molecule has 4 rings (SSSR count). The van der Waals surface area contributed by atoms with Crippen LogP contribution < -0.4 is 9.47 Å². The summed E-state index contributed by atoms with van der Waals surface area (Å²) in [5.41, 5.74) is 0.317. The minimum absolute atomic E-state index is 0.160. The number of rotatable bonds is 4. The number of pyridine rings is 1. The van der Waals surface area contributed by atoms with Crippen molar-refractivity contribution in [1.82, 2.24) is 14.5 Å². The van der Waals surface area contributed by atoms with Crippen LogP contribution in [0.1, 0.15) is 5.56 Å². The second-order valence-electron chi connectivity index (χ2n) is 6.30. The summed E-state index contributed by atoms with van der Waals surface area (Å²) in [4.78, 5) is 18.2. The van der Waals surface area contributed by atoms with Gasteiger partial charge < -0.3 is 19.6 Å². The first-order valence-electron chi connectivity index (χ1n) is 8.44. The van der Waals surface area contributed by atoms with Crippen LogP contribution in [0, 0.1) is 10.1 Å². The number of benzene rings is 1. The van der Waals surface area contributed by atoms with E-state index in [9.17, 15) is 23.3 Å². The predicted molar refractivity (Wildman–Crippen MR) is 93.5 cm³/mol. The van der Waals surface area contributed by atoms with Crippen molar-refractivity contribution in [2.75, 3.05) is 6.61 Å². The van der Waals surface area contributed by atoms with E-state index in [0.29, 0.717) is 23.6 Å². The number of nitro groups is 1. The number of hydrogen-bond acceptors (Lipinski definition) is 6. The number of nitrogens with zero attached hydrogens (tertiary/aromatic N) is 4. The molecular weight excluding hydrogens is 393 g/mol. The van der Waals surface area contributed by atoms with Crippen LogP contribution in [0.2, 0.25) is 0 Å². The number of alkyl halides is 3. The Morgan fingerprint density at radius 2 is 1.97 bits per heavy atom. The highest BCUT2D eigenvalue weighted by Crippen LogP contribution is 2.31. The van der Waals surface area contributed by atoms with E-state index in [-0.39, 0.29) is 18.4 Å². The molecule has 11 heteroatoms. The highest BCUT2D eigenvalue weighted by Gasteiger charge is 2.30. The summed E-state index contributed by atoms with van der Waals surface area (Å²) in [6.45, 7) is 0.478. The zero-order valence-electron chi connectivity index (χ0n) is 14.7. The smallest absolute Gasteiger partial charge is 0.416 e. The first kappa shape index (κ1) is 18.7. The van der Waals surface area contributed by atoms with Crippen molar-refractivity contribution in [1.29, 1.82) is 0 Å². The number of aromatic nitrogens is 3. The predicted octanol–water partition coefficient (Wildman–Crippen LogP) is 3.71. The van der Waals surface area contributed by atoms with Gasteiger partial charge in [-0.2, -0.15) is 13.2 Å². The van der Waals surface area contributed by atoms with E-state index in [1.165, 1.54) is 29.1 Å². The normalized spacial score (nSPS) is 16.0. The molecule has 0 saturated heterocycles. The van der Waals surface area contributed by atoms with E-state index in [0.717, 1.165) is 12.1 Å². The van der Waals surface area contributed by atoms with Gasteiger partial charge in [0.2, 0.25) is 0 Å². The van der Waals surface area contributed by atoms with Gasteiger partial charge in [-0.1, -0.05) is 12.1 Å². The molecule has 0 amide bonds. The van der Waals surface area contributed by atoms with Gasteiger partial charge in [0.1, 0.15) is 18.6 Å². The van der Waals surface area contributed by atoms with Gasteiger partial charge in [0.05, 0.1) is 24.0 Å². The fourth-order valence-electron chi connectivity index (χ4n) is 2.87. The second-order valence-corrected chi connectivity index (χ2v) is 6.30. The van der Waals surface area contributed by atoms with Gasteiger partial charge in [-0.3, -0.25) is 9.55 Å². The molecule has 0 aliphatic carbocycles. The van der Waals surface area contributed by atoms with Crippen molar-refractivity contribution < 1.29 is 27.6 Å². The Kier molecular flexibility index (Phi) is 4.57. The molecule has 3 aromatic rings. The lowest BCUT2D eigenvalue weighted by Crippen LogP contribution is -2.34. The van der Waals surface area contributed by atoms with E-state index >= 15 is 0 Å². The van der Waals surface area contributed by atoms with E-state index in [1.807, 2.05) is 0 Å². The quantitative estimate of drug-likeness (QED) is 0.485. The largest absolute Gasteiger partial charge is 0.483 e. The second kappa shape index (κ2) is 7.08. The minimum atomic E-state index is -4.39. The van der Waals surface area contributed by atoms with Gasteiger partial charge >= 0.3 is 18.0 Å². The summed E-state index contributed by atoms with van der Waals surface area (Å²) in [7, 11) is 0. The van der Waals surface area contributed by atoms with Crippen LogP contribution >= 0.6 is 0 Å². The number of halogens is 3. The molecule has 0 fully saturated rings. The van der Waals surface area contributed by atoms with E-state index < -0.39 is 22.8 Å². The maximum absolute atomic E-state index is 12.6. The topological polar surface area (TPSA) is 92.3 Å². The van der Waals surface area contributed by atoms with Crippen LogP contribution in [0.3, 0.4) is 0 Å². The molecule has 1 aromatic carbocycles. The Bertz CT molecular complexity index is 1030. The number of hydrogen-bond donors (Lipinski definition) is 0. The fraction of sp³-hybridized carbons (Fsp3) is 0.222. The molecule has 150 valence electrons. The molecular formula is C18H13F3N4O4. The van der Waals surface area contributed by atoms with Crippen molar-refractivity contribution in [3.05, 3.63) is 64.5 Å². The van der Waals surface area contributed by atoms with Crippen LogP contribution in [0.15, 0.2) is 48.8 Å². The molecule has 3 heterocycles. The molecule has 8 nitrogen and oxygen atoms in total. The summed E-state index contributed by atoms with van der Waals surface area (Å²) < 4.78 is 50.6. The molecule has 0 unspecified atom stereocenters. The monoisotopic (exact) mass is 406 g/mol. The molecule has 29 heavy (non-hydrogen) atoms. The van der Waals surface area contributed by atoms with Crippen molar-refractivity contribution in [3.8, 4) is 23.0 Å². The number of ether oxygens (including phenoxy) is 2. The zero-order valence-corrected chi connectivity index (χ0v) is 14.7. The highest BCUT2D eigenvalue weighted by molar-refractivity contribution is 5.59. The van der Waals surface area contributed by atoms with Crippen LogP contribution in [0.5, 0.6) is 11.8 Å². The maximum Gasteiger partial charge on any atom is 0.416 e. The summed E-state index contributed by atoms with van der Waals surface area (Å²) in [6.07, 6.45) is -2.06. The lowest BCUT2D eigenvalue weighted by Gasteiger charge is -2.23. The van der Waals surface area contributed by atoms with Crippen LogP contribution in [0.25, 0.3) is 11.3 Å². The van der Waals surface area contributed by atoms with Gasteiger partial charge in [-0.25, -0.2) is 0 Å². The molecule has 1 aliphatic heterocycles. The Morgan fingerprint density at radius 1 is 1.21 bits per heavy atom. The van der Waals surface area contributed by atoms with Gasteiger partial charge in [-0.15, -0.1) is 0 Å². The summed E-state index contributed by atoms with van der Waals surface area (Å²) in [6, 6.07) is 8.15. The summed E-state index contributed by atoms with van der Waals surface area (Å²) in [5, 5.41) is 10.8. The highest BCUT2D eigenvalue weighted by atomic mass is 19.4. The molecule has 0 N–H and O–H groups in total. The van der Waals surface area contributed by atoms with Crippen LogP contribution in [-0.2, 0) is 12.7 Å². The molecule has 2 aromatic heterocycles. The van der Waals surface area contributed by atoms with Crippen LogP contribution in [-0.4, -0.2) is 32.2 Å². The molecule has 0 saturated carbocycles. The van der Waals surface area contributed by atoms with Gasteiger partial charge in [-0.05, 0) is 29.2 Å². The lowest BCUT2D eigenvalue weighted by atomic mass is 10.1. The molecule has 0 radical (unpaired) electrons. The van der Waals surface area contributed by atoms with Gasteiger partial charge in [0.25, 0.3) is 0 Å². The zero-order chi connectivity index (χ0) is 20.6. The SMILES string of the molecule is O=[N+]([O-])c1cn2c(n1)OC[C@@H](Oc1ccc(-c3ccc(C(F)(F)F)cc3)nc1)C2. The number of imidazole rings is 1. The standard InChI is InChI=1S/C18H13F3N4O4/c19-18(20,21)12-3-1-11(2-4-12)15-6-5-13(7-22-15)29-14-8-24-9-16(25(26)27)23-17(24)28-10-14/h1-7,9,14H,8,10H2/t14-/m0/s1. The third-order valence-corrected chi connectivity index (χ3v) is 4.26. The van der Waals surface area contributed by atoms with Gasteiger partial charge in [0, 0.05) is 10.5 Å². The fourth-order valence-corrected chi connectivity index (χ4v) is 2.87. The Hall–Kier alpha value is -3.63. The van der Waals surface area contributed by atoms with E-state index in [1.54, 1.807) is 12.1 Å². The van der Waals surface area contributed by atoms with Crippen molar-refractivity contribution in [2.45, 2.75) is 18.8 Å². The molecule has 1 aliphatic rings. The average molecular weight is 406 g/mol. The third kappa shape index (κ3) is 3.98. The van der Waals surface area contributed by atoms with Crippen molar-refractivity contribution in [2.24, 2.45) is 0 Å². The Morgan fingerprint density at radius 3 is 2.59 bits per heavy atom. The van der Waals surface area contributed by atoms with E-state index in [2.05, 4.69) is 9.97 Å². The van der Waals surface area contributed by atoms with Crippen molar-refractivity contribution in [3.63, 3.8) is 0 Å². The van der Waals surface area contributed by atoms with E-state index in [4.69, 9.17) is 9.47 Å². The molecule has 1 atom stereocenters. The molecule has 0 bridgehead atoms. The Balaban J connectivity index is 1.43. The maximum atomic E-state index is 12.6. The van der Waals surface area contributed by atoms with Gasteiger partial charge in [0.15, 0.2) is 6.10 Å². The Labute approximate surface area is 161 Å². The first-order valence-corrected chi connectivity index (χ1v) is 8.44. The average Bonchev–Trinajstić information content (AvgIpc) is 3.12. The van der Waals surface area contributed by atoms with Crippen molar-refractivity contribution >= 4 is 5.82 Å².